The average molecular weight is 239 g/mol. The first kappa shape index (κ1) is 12.4. The number of aryl methyl sites for hydroxylation is 1. The number of primary amides is 1. The number of hydrogen-bond acceptors (Lipinski definition) is 1. The van der Waals surface area contributed by atoms with Crippen LogP contribution >= 0.6 is 0 Å². The molecule has 0 aromatic heterocycles. The molecule has 0 aliphatic heterocycles. The molecule has 18 heavy (non-hydrogen) atoms. The Bertz CT molecular complexity index is 573. The van der Waals surface area contributed by atoms with E-state index in [1.165, 1.54) is 5.56 Å². The van der Waals surface area contributed by atoms with Gasteiger partial charge in [0.25, 0.3) is 0 Å². The maximum absolute atomic E-state index is 11.5. The van der Waals surface area contributed by atoms with E-state index in [0.29, 0.717) is 5.56 Å². The van der Waals surface area contributed by atoms with Crippen LogP contribution in [-0.4, -0.2) is 5.91 Å². The van der Waals surface area contributed by atoms with Crippen molar-refractivity contribution in [3.63, 3.8) is 0 Å². The lowest BCUT2D eigenvalue weighted by atomic mass is 9.90. The third-order valence-corrected chi connectivity index (χ3v) is 3.20. The van der Waals surface area contributed by atoms with Crippen molar-refractivity contribution in [2.75, 3.05) is 0 Å². The van der Waals surface area contributed by atoms with Crippen molar-refractivity contribution in [2.45, 2.75) is 20.3 Å². The van der Waals surface area contributed by atoms with Crippen molar-refractivity contribution < 1.29 is 4.79 Å². The average Bonchev–Trinajstić information content (AvgIpc) is 2.38. The highest BCUT2D eigenvalue weighted by molar-refractivity contribution is 5.96. The molecule has 2 aromatic rings. The lowest BCUT2D eigenvalue weighted by molar-refractivity contribution is 0.0999. The standard InChI is InChI=1S/C16H17NO/c1-3-13-14(16(17)18)10-9-11(2)15(13)12-7-5-4-6-8-12/h4-10H,3H2,1-2H3,(H2,17,18). The quantitative estimate of drug-likeness (QED) is 0.877. The Morgan fingerprint density at radius 2 is 1.78 bits per heavy atom. The Morgan fingerprint density at radius 3 is 2.33 bits per heavy atom. The topological polar surface area (TPSA) is 43.1 Å². The van der Waals surface area contributed by atoms with Gasteiger partial charge in [-0.1, -0.05) is 43.3 Å². The lowest BCUT2D eigenvalue weighted by Gasteiger charge is -2.15. The molecule has 0 heterocycles. The fourth-order valence-electron chi connectivity index (χ4n) is 2.37. The third kappa shape index (κ3) is 2.14. The molecule has 2 heteroatoms. The number of carbonyl (C=O) groups is 1. The minimum absolute atomic E-state index is 0.357. The second-order valence-corrected chi connectivity index (χ2v) is 4.37. The van der Waals surface area contributed by atoms with E-state index < -0.39 is 0 Å². The van der Waals surface area contributed by atoms with Crippen LogP contribution in [0.1, 0.15) is 28.4 Å². The highest BCUT2D eigenvalue weighted by atomic mass is 16.1. The van der Waals surface area contributed by atoms with Crippen LogP contribution in [0.2, 0.25) is 0 Å². The summed E-state index contributed by atoms with van der Waals surface area (Å²) < 4.78 is 0. The monoisotopic (exact) mass is 239 g/mol. The van der Waals surface area contributed by atoms with Crippen LogP contribution in [0.15, 0.2) is 42.5 Å². The molecule has 2 aromatic carbocycles. The first-order valence-electron chi connectivity index (χ1n) is 6.12. The van der Waals surface area contributed by atoms with E-state index in [9.17, 15) is 4.79 Å². The van der Waals surface area contributed by atoms with Crippen molar-refractivity contribution >= 4 is 5.91 Å². The van der Waals surface area contributed by atoms with E-state index in [2.05, 4.69) is 19.1 Å². The van der Waals surface area contributed by atoms with Crippen molar-refractivity contribution in [1.29, 1.82) is 0 Å². The van der Waals surface area contributed by atoms with Gasteiger partial charge in [0.05, 0.1) is 0 Å². The Balaban J connectivity index is 2.73. The minimum atomic E-state index is -0.357. The van der Waals surface area contributed by atoms with Gasteiger partial charge in [-0.05, 0) is 41.7 Å². The van der Waals surface area contributed by atoms with Crippen LogP contribution in [-0.2, 0) is 6.42 Å². The van der Waals surface area contributed by atoms with Gasteiger partial charge in [-0.3, -0.25) is 4.79 Å². The summed E-state index contributed by atoms with van der Waals surface area (Å²) >= 11 is 0. The molecular weight excluding hydrogens is 222 g/mol. The molecule has 0 unspecified atom stereocenters. The summed E-state index contributed by atoms with van der Waals surface area (Å²) in [7, 11) is 0. The number of carbonyl (C=O) groups excluding carboxylic acids is 1. The second kappa shape index (κ2) is 5.05. The number of rotatable bonds is 3. The smallest absolute Gasteiger partial charge is 0.248 e. The normalized spacial score (nSPS) is 10.3. The van der Waals surface area contributed by atoms with Crippen LogP contribution in [0.5, 0.6) is 0 Å². The van der Waals surface area contributed by atoms with Gasteiger partial charge in [0.2, 0.25) is 5.91 Å². The van der Waals surface area contributed by atoms with Gasteiger partial charge in [0.1, 0.15) is 0 Å². The summed E-state index contributed by atoms with van der Waals surface area (Å²) in [5, 5.41) is 0. The molecule has 2 nitrogen and oxygen atoms in total. The molecule has 0 saturated heterocycles. The fraction of sp³-hybridized carbons (Fsp3) is 0.188. The van der Waals surface area contributed by atoms with Crippen LogP contribution in [0.25, 0.3) is 11.1 Å². The molecule has 2 N–H and O–H groups in total. The van der Waals surface area contributed by atoms with E-state index in [0.717, 1.165) is 23.1 Å². The predicted molar refractivity (Wildman–Crippen MR) is 74.5 cm³/mol. The molecule has 0 bridgehead atoms. The summed E-state index contributed by atoms with van der Waals surface area (Å²) in [6.45, 7) is 4.11. The highest BCUT2D eigenvalue weighted by Gasteiger charge is 2.14. The molecule has 0 saturated carbocycles. The summed E-state index contributed by atoms with van der Waals surface area (Å²) in [5.74, 6) is -0.357. The first-order valence-corrected chi connectivity index (χ1v) is 6.12. The molecule has 0 radical (unpaired) electrons. The predicted octanol–water partition coefficient (Wildman–Crippen LogP) is 3.32. The maximum Gasteiger partial charge on any atom is 0.248 e. The van der Waals surface area contributed by atoms with Gasteiger partial charge < -0.3 is 5.73 Å². The van der Waals surface area contributed by atoms with Gasteiger partial charge in [0.15, 0.2) is 0 Å². The Kier molecular flexibility index (Phi) is 3.47. The summed E-state index contributed by atoms with van der Waals surface area (Å²) in [5.41, 5.74) is 10.5. The molecule has 92 valence electrons. The number of hydrogen-bond donors (Lipinski definition) is 1. The number of amides is 1. The third-order valence-electron chi connectivity index (χ3n) is 3.20. The Morgan fingerprint density at radius 1 is 1.11 bits per heavy atom. The summed E-state index contributed by atoms with van der Waals surface area (Å²) in [4.78, 5) is 11.5. The van der Waals surface area contributed by atoms with Crippen molar-refractivity contribution in [2.24, 2.45) is 5.73 Å². The van der Waals surface area contributed by atoms with Gasteiger partial charge in [-0.2, -0.15) is 0 Å². The van der Waals surface area contributed by atoms with Crippen molar-refractivity contribution in [3.05, 3.63) is 59.2 Å². The SMILES string of the molecule is CCc1c(C(N)=O)ccc(C)c1-c1ccccc1. The number of benzene rings is 2. The molecule has 1 amide bonds. The molecule has 0 fully saturated rings. The maximum atomic E-state index is 11.5. The highest BCUT2D eigenvalue weighted by Crippen LogP contribution is 2.30. The van der Waals surface area contributed by atoms with Gasteiger partial charge >= 0.3 is 0 Å². The summed E-state index contributed by atoms with van der Waals surface area (Å²) in [6.07, 6.45) is 0.796. The Hall–Kier alpha value is -2.09. The summed E-state index contributed by atoms with van der Waals surface area (Å²) in [6, 6.07) is 13.9. The lowest BCUT2D eigenvalue weighted by Crippen LogP contribution is -2.14. The molecule has 0 spiro atoms. The van der Waals surface area contributed by atoms with E-state index in [4.69, 9.17) is 5.73 Å². The van der Waals surface area contributed by atoms with Gasteiger partial charge in [-0.15, -0.1) is 0 Å². The second-order valence-electron chi connectivity index (χ2n) is 4.37. The Labute approximate surface area is 107 Å². The van der Waals surface area contributed by atoms with Crippen LogP contribution in [0.3, 0.4) is 0 Å². The van der Waals surface area contributed by atoms with E-state index in [1.807, 2.05) is 37.3 Å². The largest absolute Gasteiger partial charge is 0.366 e. The van der Waals surface area contributed by atoms with Crippen molar-refractivity contribution in [1.82, 2.24) is 0 Å². The van der Waals surface area contributed by atoms with Crippen LogP contribution in [0, 0.1) is 6.92 Å². The zero-order valence-corrected chi connectivity index (χ0v) is 10.7. The van der Waals surface area contributed by atoms with E-state index >= 15 is 0 Å². The fourth-order valence-corrected chi connectivity index (χ4v) is 2.37. The van der Waals surface area contributed by atoms with Gasteiger partial charge in [-0.25, -0.2) is 0 Å². The molecule has 2 rings (SSSR count). The first-order chi connectivity index (χ1) is 8.65. The molecular formula is C16H17NO. The van der Waals surface area contributed by atoms with Gasteiger partial charge in [0, 0.05) is 5.56 Å². The van der Waals surface area contributed by atoms with Crippen LogP contribution < -0.4 is 5.73 Å². The molecule has 0 atom stereocenters. The van der Waals surface area contributed by atoms with E-state index in [-0.39, 0.29) is 5.91 Å². The zero-order chi connectivity index (χ0) is 13.1. The van der Waals surface area contributed by atoms with E-state index in [1.54, 1.807) is 0 Å². The van der Waals surface area contributed by atoms with Crippen molar-refractivity contribution in [3.8, 4) is 11.1 Å². The molecule has 0 aliphatic rings. The minimum Gasteiger partial charge on any atom is -0.366 e. The number of nitrogens with two attached hydrogens (primary N) is 1. The zero-order valence-electron chi connectivity index (χ0n) is 10.7. The molecule has 0 aliphatic carbocycles. The van der Waals surface area contributed by atoms with Crippen LogP contribution in [0.4, 0.5) is 0 Å².